The van der Waals surface area contributed by atoms with Crippen LogP contribution in [-0.2, 0) is 9.53 Å². The van der Waals surface area contributed by atoms with Crippen LogP contribution in [0, 0.1) is 11.8 Å². The van der Waals surface area contributed by atoms with Crippen LogP contribution in [0.5, 0.6) is 0 Å². The van der Waals surface area contributed by atoms with E-state index in [1.165, 1.54) is 12.7 Å². The molecule has 0 saturated carbocycles. The van der Waals surface area contributed by atoms with Gasteiger partial charge in [-0.2, -0.15) is 0 Å². The zero-order valence-electron chi connectivity index (χ0n) is 8.99. The van der Waals surface area contributed by atoms with Crippen LogP contribution in [0.15, 0.2) is 11.6 Å². The lowest BCUT2D eigenvalue weighted by atomic mass is 9.80. The van der Waals surface area contributed by atoms with Gasteiger partial charge >= 0.3 is 5.97 Å². The molecule has 0 saturated heterocycles. The van der Waals surface area contributed by atoms with Gasteiger partial charge in [-0.05, 0) is 25.7 Å². The molecular formula is C11H18O3. The van der Waals surface area contributed by atoms with E-state index in [0.29, 0.717) is 5.92 Å². The number of allylic oxidation sites excluding steroid dienone is 2. The summed E-state index contributed by atoms with van der Waals surface area (Å²) in [5.41, 5.74) is 1.28. The molecule has 3 heteroatoms. The van der Waals surface area contributed by atoms with Crippen molar-refractivity contribution >= 4 is 5.97 Å². The summed E-state index contributed by atoms with van der Waals surface area (Å²) in [5.74, 6) is -0.261. The Bertz CT molecular complexity index is 245. The van der Waals surface area contributed by atoms with Crippen LogP contribution in [0.2, 0.25) is 0 Å². The highest BCUT2D eigenvalue weighted by atomic mass is 16.5. The normalized spacial score (nSPS) is 29.5. The largest absolute Gasteiger partial charge is 0.479 e. The van der Waals surface area contributed by atoms with Crippen molar-refractivity contribution in [2.24, 2.45) is 11.8 Å². The SMILES string of the molecule is COC(C(=O)O)C1CC(C)=CC(C)C1. The molecule has 1 rings (SSSR count). The van der Waals surface area contributed by atoms with Crippen molar-refractivity contribution in [2.75, 3.05) is 7.11 Å². The predicted molar refractivity (Wildman–Crippen MR) is 54.1 cm³/mol. The zero-order valence-corrected chi connectivity index (χ0v) is 8.99. The third kappa shape index (κ3) is 2.58. The molecule has 0 aromatic carbocycles. The Morgan fingerprint density at radius 2 is 2.36 bits per heavy atom. The number of carboxylic acid groups (broad SMARTS) is 1. The number of methoxy groups -OCH3 is 1. The predicted octanol–water partition coefficient (Wildman–Crippen LogP) is 2.08. The van der Waals surface area contributed by atoms with Gasteiger partial charge in [0.1, 0.15) is 0 Å². The minimum Gasteiger partial charge on any atom is -0.479 e. The van der Waals surface area contributed by atoms with Crippen molar-refractivity contribution in [2.45, 2.75) is 32.8 Å². The summed E-state index contributed by atoms with van der Waals surface area (Å²) >= 11 is 0. The van der Waals surface area contributed by atoms with E-state index in [9.17, 15) is 4.79 Å². The summed E-state index contributed by atoms with van der Waals surface area (Å²) in [6.07, 6.45) is 3.31. The summed E-state index contributed by atoms with van der Waals surface area (Å²) in [4.78, 5) is 10.9. The fourth-order valence-electron chi connectivity index (χ4n) is 2.32. The van der Waals surface area contributed by atoms with Gasteiger partial charge in [-0.15, -0.1) is 0 Å². The summed E-state index contributed by atoms with van der Waals surface area (Å²) in [7, 11) is 1.47. The van der Waals surface area contributed by atoms with E-state index in [1.54, 1.807) is 0 Å². The van der Waals surface area contributed by atoms with Crippen LogP contribution in [0.1, 0.15) is 26.7 Å². The number of hydrogen-bond donors (Lipinski definition) is 1. The van der Waals surface area contributed by atoms with Gasteiger partial charge in [0.05, 0.1) is 0 Å². The van der Waals surface area contributed by atoms with Gasteiger partial charge < -0.3 is 9.84 Å². The molecule has 0 fully saturated rings. The summed E-state index contributed by atoms with van der Waals surface area (Å²) < 4.78 is 5.02. The first-order valence-electron chi connectivity index (χ1n) is 4.97. The molecule has 0 aromatic rings. The van der Waals surface area contributed by atoms with Crippen molar-refractivity contribution in [1.82, 2.24) is 0 Å². The van der Waals surface area contributed by atoms with Crippen LogP contribution in [-0.4, -0.2) is 24.3 Å². The lowest BCUT2D eigenvalue weighted by Gasteiger charge is -2.29. The standard InChI is InChI=1S/C11H18O3/c1-7-4-8(2)6-9(5-7)10(14-3)11(12)13/h4,7,9-10H,5-6H2,1-3H3,(H,12,13). The summed E-state index contributed by atoms with van der Waals surface area (Å²) in [6.45, 7) is 4.17. The first-order chi connectivity index (χ1) is 6.54. The Morgan fingerprint density at radius 1 is 1.71 bits per heavy atom. The maximum atomic E-state index is 10.9. The molecule has 3 atom stereocenters. The third-order valence-corrected chi connectivity index (χ3v) is 2.75. The quantitative estimate of drug-likeness (QED) is 0.706. The van der Waals surface area contributed by atoms with E-state index >= 15 is 0 Å². The molecular weight excluding hydrogens is 180 g/mol. The number of hydrogen-bond acceptors (Lipinski definition) is 2. The number of carbonyl (C=O) groups is 1. The molecule has 3 unspecified atom stereocenters. The average molecular weight is 198 g/mol. The number of rotatable bonds is 3. The Kier molecular flexibility index (Phi) is 3.69. The monoisotopic (exact) mass is 198 g/mol. The number of ether oxygens (including phenoxy) is 1. The molecule has 1 N–H and O–H groups in total. The van der Waals surface area contributed by atoms with Crippen LogP contribution >= 0.6 is 0 Å². The van der Waals surface area contributed by atoms with E-state index in [1.807, 2.05) is 0 Å². The van der Waals surface area contributed by atoms with E-state index in [0.717, 1.165) is 12.8 Å². The van der Waals surface area contributed by atoms with Crippen molar-refractivity contribution in [3.05, 3.63) is 11.6 Å². The van der Waals surface area contributed by atoms with Crippen LogP contribution in [0.3, 0.4) is 0 Å². The Hall–Kier alpha value is -0.830. The fourth-order valence-corrected chi connectivity index (χ4v) is 2.32. The van der Waals surface area contributed by atoms with E-state index < -0.39 is 12.1 Å². The second-order valence-electron chi connectivity index (χ2n) is 4.18. The molecule has 80 valence electrons. The minimum absolute atomic E-state index is 0.123. The van der Waals surface area contributed by atoms with Crippen LogP contribution < -0.4 is 0 Å². The number of carboxylic acids is 1. The number of aliphatic carboxylic acids is 1. The molecule has 3 nitrogen and oxygen atoms in total. The highest BCUT2D eigenvalue weighted by Crippen LogP contribution is 2.31. The lowest BCUT2D eigenvalue weighted by molar-refractivity contribution is -0.152. The van der Waals surface area contributed by atoms with Crippen molar-refractivity contribution in [1.29, 1.82) is 0 Å². The second-order valence-corrected chi connectivity index (χ2v) is 4.18. The third-order valence-electron chi connectivity index (χ3n) is 2.75. The second kappa shape index (κ2) is 4.60. The van der Waals surface area contributed by atoms with Crippen molar-refractivity contribution < 1.29 is 14.6 Å². The topological polar surface area (TPSA) is 46.5 Å². The van der Waals surface area contributed by atoms with Gasteiger partial charge in [0, 0.05) is 13.0 Å². The average Bonchev–Trinajstić information content (AvgIpc) is 2.02. The zero-order chi connectivity index (χ0) is 10.7. The van der Waals surface area contributed by atoms with Gasteiger partial charge in [-0.25, -0.2) is 4.79 Å². The highest BCUT2D eigenvalue weighted by molar-refractivity contribution is 5.72. The lowest BCUT2D eigenvalue weighted by Crippen LogP contribution is -2.33. The molecule has 14 heavy (non-hydrogen) atoms. The summed E-state index contributed by atoms with van der Waals surface area (Å²) in [5, 5.41) is 8.95. The Labute approximate surface area is 84.8 Å². The van der Waals surface area contributed by atoms with Crippen LogP contribution in [0.25, 0.3) is 0 Å². The molecule has 0 spiro atoms. The molecule has 0 bridgehead atoms. The van der Waals surface area contributed by atoms with Gasteiger partial charge in [0.15, 0.2) is 6.10 Å². The van der Waals surface area contributed by atoms with E-state index in [-0.39, 0.29) is 5.92 Å². The molecule has 0 aliphatic heterocycles. The molecule has 0 amide bonds. The maximum absolute atomic E-state index is 10.9. The minimum atomic E-state index is -0.848. The molecule has 0 heterocycles. The molecule has 1 aliphatic rings. The summed E-state index contributed by atoms with van der Waals surface area (Å²) in [6, 6.07) is 0. The molecule has 0 aromatic heterocycles. The Morgan fingerprint density at radius 3 is 2.79 bits per heavy atom. The maximum Gasteiger partial charge on any atom is 0.333 e. The van der Waals surface area contributed by atoms with E-state index in [2.05, 4.69) is 19.9 Å². The van der Waals surface area contributed by atoms with E-state index in [4.69, 9.17) is 9.84 Å². The van der Waals surface area contributed by atoms with Gasteiger partial charge in [-0.1, -0.05) is 18.6 Å². The first-order valence-corrected chi connectivity index (χ1v) is 4.97. The molecule has 1 aliphatic carbocycles. The highest BCUT2D eigenvalue weighted by Gasteiger charge is 2.31. The first kappa shape index (κ1) is 11.2. The van der Waals surface area contributed by atoms with Gasteiger partial charge in [0.2, 0.25) is 0 Å². The molecule has 0 radical (unpaired) electrons. The Balaban J connectivity index is 2.69. The van der Waals surface area contributed by atoms with Gasteiger partial charge in [0.25, 0.3) is 0 Å². The van der Waals surface area contributed by atoms with Crippen LogP contribution in [0.4, 0.5) is 0 Å². The fraction of sp³-hybridized carbons (Fsp3) is 0.727. The van der Waals surface area contributed by atoms with Crippen molar-refractivity contribution in [3.8, 4) is 0 Å². The smallest absolute Gasteiger partial charge is 0.333 e. The van der Waals surface area contributed by atoms with Gasteiger partial charge in [-0.3, -0.25) is 0 Å². The van der Waals surface area contributed by atoms with Crippen molar-refractivity contribution in [3.63, 3.8) is 0 Å².